The lowest BCUT2D eigenvalue weighted by atomic mass is 10.0. The first-order chi connectivity index (χ1) is 22.0. The van der Waals surface area contributed by atoms with Crippen molar-refractivity contribution in [3.05, 3.63) is 72.3 Å². The Kier molecular flexibility index (Phi) is 10.6. The largest absolute Gasteiger partial charge is 0.493 e. The van der Waals surface area contributed by atoms with Crippen molar-refractivity contribution in [3.63, 3.8) is 0 Å². The predicted octanol–water partition coefficient (Wildman–Crippen LogP) is 5.57. The summed E-state index contributed by atoms with van der Waals surface area (Å²) in [7, 11) is 9.74. The highest BCUT2D eigenvalue weighted by Gasteiger charge is 2.19. The lowest BCUT2D eigenvalue weighted by Gasteiger charge is -2.22. The summed E-state index contributed by atoms with van der Waals surface area (Å²) in [4.78, 5) is 14.3. The molecule has 0 bridgehead atoms. The van der Waals surface area contributed by atoms with Crippen molar-refractivity contribution < 1.29 is 28.4 Å². The third-order valence-electron chi connectivity index (χ3n) is 8.08. The van der Waals surface area contributed by atoms with Gasteiger partial charge in [-0.05, 0) is 90.3 Å². The summed E-state index contributed by atoms with van der Waals surface area (Å²) in [6.07, 6.45) is 4.80. The Morgan fingerprint density at radius 1 is 0.489 bits per heavy atom. The molecule has 0 amide bonds. The van der Waals surface area contributed by atoms with Gasteiger partial charge in [-0.15, -0.1) is 0 Å². The van der Waals surface area contributed by atoms with Gasteiger partial charge in [-0.1, -0.05) is 0 Å². The fourth-order valence-electron chi connectivity index (χ4n) is 5.78. The van der Waals surface area contributed by atoms with Crippen LogP contribution in [-0.4, -0.2) is 88.6 Å². The van der Waals surface area contributed by atoms with Crippen molar-refractivity contribution in [2.45, 2.75) is 19.5 Å². The van der Waals surface area contributed by atoms with Gasteiger partial charge in [-0.2, -0.15) is 0 Å². The number of rotatable bonds is 12. The number of benzene rings is 2. The molecule has 0 atom stereocenters. The van der Waals surface area contributed by atoms with Gasteiger partial charge in [0.2, 0.25) is 11.5 Å². The molecule has 1 fully saturated rings. The maximum absolute atomic E-state index is 5.56. The van der Waals surface area contributed by atoms with Crippen molar-refractivity contribution in [1.82, 2.24) is 19.8 Å². The van der Waals surface area contributed by atoms with Gasteiger partial charge in [-0.3, -0.25) is 19.8 Å². The van der Waals surface area contributed by atoms with Crippen LogP contribution in [0.3, 0.4) is 0 Å². The van der Waals surface area contributed by atoms with Gasteiger partial charge in [0.25, 0.3) is 0 Å². The number of aromatic nitrogens is 2. The van der Waals surface area contributed by atoms with E-state index in [1.807, 2.05) is 48.8 Å². The van der Waals surface area contributed by atoms with Crippen molar-refractivity contribution in [3.8, 4) is 56.8 Å². The van der Waals surface area contributed by atoms with E-state index in [1.165, 1.54) is 0 Å². The Bertz CT molecular complexity index is 1430. The zero-order valence-electron chi connectivity index (χ0n) is 27.0. The van der Waals surface area contributed by atoms with Gasteiger partial charge in [0.15, 0.2) is 23.0 Å². The van der Waals surface area contributed by atoms with Gasteiger partial charge in [0.05, 0.1) is 54.0 Å². The first kappa shape index (κ1) is 31.9. The Hall–Kier alpha value is -4.54. The Labute approximate surface area is 265 Å². The molecule has 45 heavy (non-hydrogen) atoms. The minimum absolute atomic E-state index is 0.579. The average molecular weight is 615 g/mol. The molecule has 10 nitrogen and oxygen atoms in total. The number of methoxy groups -OCH3 is 6. The van der Waals surface area contributed by atoms with Crippen LogP contribution in [0.15, 0.2) is 60.9 Å². The number of nitrogens with zero attached hydrogens (tertiary/aromatic N) is 4. The van der Waals surface area contributed by atoms with E-state index in [0.29, 0.717) is 34.5 Å². The van der Waals surface area contributed by atoms with Crippen LogP contribution in [0.4, 0.5) is 0 Å². The third-order valence-corrected chi connectivity index (χ3v) is 8.08. The van der Waals surface area contributed by atoms with Crippen molar-refractivity contribution in [2.24, 2.45) is 0 Å². The number of pyridine rings is 2. The Morgan fingerprint density at radius 3 is 1.20 bits per heavy atom. The predicted molar refractivity (Wildman–Crippen MR) is 174 cm³/mol. The lowest BCUT2D eigenvalue weighted by Crippen LogP contribution is -2.30. The summed E-state index contributed by atoms with van der Waals surface area (Å²) >= 11 is 0. The van der Waals surface area contributed by atoms with Gasteiger partial charge in [-0.25, -0.2) is 0 Å². The fraction of sp³-hybridized carbons (Fsp3) is 0.371. The van der Waals surface area contributed by atoms with E-state index in [4.69, 9.17) is 38.4 Å². The van der Waals surface area contributed by atoms with Crippen LogP contribution in [0.5, 0.6) is 34.5 Å². The highest BCUT2D eigenvalue weighted by molar-refractivity contribution is 5.72. The van der Waals surface area contributed by atoms with E-state index in [2.05, 4.69) is 21.9 Å². The second-order valence-corrected chi connectivity index (χ2v) is 10.8. The highest BCUT2D eigenvalue weighted by atomic mass is 16.5. The molecule has 0 N–H and O–H groups in total. The van der Waals surface area contributed by atoms with Crippen LogP contribution in [0, 0.1) is 0 Å². The zero-order chi connectivity index (χ0) is 31.8. The monoisotopic (exact) mass is 614 g/mol. The molecular formula is C35H42N4O6. The van der Waals surface area contributed by atoms with Gasteiger partial charge in [0.1, 0.15) is 0 Å². The molecule has 238 valence electrons. The summed E-state index contributed by atoms with van der Waals surface area (Å²) in [5, 5.41) is 0. The third kappa shape index (κ3) is 7.41. The molecule has 0 spiro atoms. The van der Waals surface area contributed by atoms with Crippen LogP contribution in [0.25, 0.3) is 22.3 Å². The Balaban J connectivity index is 1.25. The summed E-state index contributed by atoms with van der Waals surface area (Å²) in [5.41, 5.74) is 6.11. The number of hydrogen-bond acceptors (Lipinski definition) is 10. The molecule has 0 aliphatic carbocycles. The lowest BCUT2D eigenvalue weighted by molar-refractivity contribution is 0.244. The van der Waals surface area contributed by atoms with E-state index >= 15 is 0 Å². The molecule has 5 rings (SSSR count). The quantitative estimate of drug-likeness (QED) is 0.202. The molecule has 10 heteroatoms. The van der Waals surface area contributed by atoms with Crippen molar-refractivity contribution in [1.29, 1.82) is 0 Å². The van der Waals surface area contributed by atoms with E-state index in [-0.39, 0.29) is 0 Å². The normalized spacial score (nSPS) is 14.0. The minimum Gasteiger partial charge on any atom is -0.493 e. The van der Waals surface area contributed by atoms with E-state index in [0.717, 1.165) is 79.3 Å². The molecule has 4 aromatic rings. The maximum Gasteiger partial charge on any atom is 0.203 e. The summed E-state index contributed by atoms with van der Waals surface area (Å²) in [5.74, 6) is 3.66. The van der Waals surface area contributed by atoms with E-state index in [1.54, 1.807) is 42.7 Å². The van der Waals surface area contributed by atoms with Crippen LogP contribution in [0.2, 0.25) is 0 Å². The second kappa shape index (κ2) is 15.0. The molecule has 0 unspecified atom stereocenters. The molecule has 2 aromatic heterocycles. The van der Waals surface area contributed by atoms with Crippen LogP contribution in [-0.2, 0) is 13.1 Å². The van der Waals surface area contributed by atoms with Gasteiger partial charge < -0.3 is 28.4 Å². The zero-order valence-corrected chi connectivity index (χ0v) is 27.0. The average Bonchev–Trinajstić information content (AvgIpc) is 3.31. The minimum atomic E-state index is 0.579. The molecule has 1 aliphatic heterocycles. The summed E-state index contributed by atoms with van der Waals surface area (Å²) < 4.78 is 33.2. The highest BCUT2D eigenvalue weighted by Crippen LogP contribution is 2.42. The van der Waals surface area contributed by atoms with Gasteiger partial charge in [0, 0.05) is 38.6 Å². The van der Waals surface area contributed by atoms with Gasteiger partial charge >= 0.3 is 0 Å². The van der Waals surface area contributed by atoms with Crippen LogP contribution >= 0.6 is 0 Å². The topological polar surface area (TPSA) is 87.6 Å². The molecule has 0 saturated carbocycles. The molecule has 0 radical (unpaired) electrons. The molecule has 2 aromatic carbocycles. The maximum atomic E-state index is 5.56. The molecular weight excluding hydrogens is 572 g/mol. The SMILES string of the molecule is COc1cc(-c2ccnc(CN3CCCN(Cc4cc(-c5cc(OC)c(OC)c(OC)c5)ccn4)CC3)c2)cc(OC)c1OC. The molecule has 1 saturated heterocycles. The fourth-order valence-corrected chi connectivity index (χ4v) is 5.78. The summed E-state index contributed by atoms with van der Waals surface area (Å²) in [6.45, 7) is 5.46. The first-order valence-electron chi connectivity index (χ1n) is 15.0. The van der Waals surface area contributed by atoms with Crippen molar-refractivity contribution in [2.75, 3.05) is 68.8 Å². The van der Waals surface area contributed by atoms with Crippen molar-refractivity contribution >= 4 is 0 Å². The first-order valence-corrected chi connectivity index (χ1v) is 15.0. The molecule has 3 heterocycles. The number of hydrogen-bond donors (Lipinski definition) is 0. The van der Waals surface area contributed by atoms with Crippen LogP contribution in [0.1, 0.15) is 17.8 Å². The number of ether oxygens (including phenoxy) is 6. The Morgan fingerprint density at radius 2 is 0.867 bits per heavy atom. The smallest absolute Gasteiger partial charge is 0.203 e. The van der Waals surface area contributed by atoms with Crippen LogP contribution < -0.4 is 28.4 Å². The van der Waals surface area contributed by atoms with E-state index < -0.39 is 0 Å². The summed E-state index contributed by atoms with van der Waals surface area (Å²) in [6, 6.07) is 16.2. The van der Waals surface area contributed by atoms with E-state index in [9.17, 15) is 0 Å². The second-order valence-electron chi connectivity index (χ2n) is 10.8. The standard InChI is InChI=1S/C35H42N4O6/c1-40-30-18-26(19-31(41-2)34(30)44-5)24-8-10-36-28(16-24)22-38-12-7-13-39(15-14-38)23-29-17-25(9-11-37-29)27-20-32(42-3)35(45-6)33(21-27)43-4/h8-11,16-21H,7,12-15,22-23H2,1-6H3. The molecule has 1 aliphatic rings.